The van der Waals surface area contributed by atoms with E-state index in [1.54, 1.807) is 0 Å². The molecule has 8 rings (SSSR count). The molecule has 0 unspecified atom stereocenters. The smallest absolute Gasteiger partial charge is 0.0471 e. The first-order valence-corrected chi connectivity index (χ1v) is 12.7. The summed E-state index contributed by atoms with van der Waals surface area (Å²) < 4.78 is 0. The summed E-state index contributed by atoms with van der Waals surface area (Å²) in [6.07, 6.45) is 0. The van der Waals surface area contributed by atoms with Crippen molar-refractivity contribution in [3.05, 3.63) is 120 Å². The monoisotopic (exact) mass is 459 g/mol. The van der Waals surface area contributed by atoms with E-state index in [9.17, 15) is 0 Å². The quantitative estimate of drug-likeness (QED) is 0.251. The van der Waals surface area contributed by atoms with Gasteiger partial charge in [0, 0.05) is 27.2 Å². The van der Waals surface area contributed by atoms with E-state index in [-0.39, 0.29) is 5.41 Å². The van der Waals surface area contributed by atoms with Crippen molar-refractivity contribution < 1.29 is 0 Å². The molecule has 0 bridgehead atoms. The van der Waals surface area contributed by atoms with E-state index >= 15 is 0 Å². The van der Waals surface area contributed by atoms with Crippen molar-refractivity contribution in [3.8, 4) is 22.3 Å². The highest BCUT2D eigenvalue weighted by atomic mass is 14.7. The van der Waals surface area contributed by atoms with Crippen molar-refractivity contribution >= 4 is 43.4 Å². The highest BCUT2D eigenvalue weighted by molar-refractivity contribution is 6.14. The molecule has 1 N–H and O–H groups in total. The van der Waals surface area contributed by atoms with Crippen molar-refractivity contribution in [2.75, 3.05) is 0 Å². The minimum atomic E-state index is 0.0168. The average Bonchev–Trinajstić information content (AvgIpc) is 3.38. The van der Waals surface area contributed by atoms with Crippen LogP contribution in [0.4, 0.5) is 0 Å². The van der Waals surface area contributed by atoms with E-state index in [2.05, 4.69) is 128 Å². The molecule has 0 fully saturated rings. The molecule has 1 nitrogen and oxygen atoms in total. The summed E-state index contributed by atoms with van der Waals surface area (Å²) in [5.74, 6) is 0. The van der Waals surface area contributed by atoms with Gasteiger partial charge in [-0.15, -0.1) is 0 Å². The lowest BCUT2D eigenvalue weighted by molar-refractivity contribution is 0.661. The van der Waals surface area contributed by atoms with Gasteiger partial charge in [0.15, 0.2) is 0 Å². The molecular formula is C35H25N. The van der Waals surface area contributed by atoms with Gasteiger partial charge in [-0.1, -0.05) is 105 Å². The topological polar surface area (TPSA) is 15.8 Å². The summed E-state index contributed by atoms with van der Waals surface area (Å²) in [5.41, 5.74) is 10.5. The third kappa shape index (κ3) is 2.55. The van der Waals surface area contributed by atoms with Crippen LogP contribution in [0.25, 0.3) is 65.6 Å². The number of hydrogen-bond acceptors (Lipinski definition) is 0. The van der Waals surface area contributed by atoms with Crippen molar-refractivity contribution in [2.45, 2.75) is 19.3 Å². The molecule has 1 aliphatic carbocycles. The fraction of sp³-hybridized carbons (Fsp3) is 0.0857. The predicted octanol–water partition coefficient (Wildman–Crippen LogP) is 9.60. The van der Waals surface area contributed by atoms with Gasteiger partial charge in [-0.05, 0) is 73.1 Å². The Morgan fingerprint density at radius 2 is 1.22 bits per heavy atom. The summed E-state index contributed by atoms with van der Waals surface area (Å²) in [7, 11) is 0. The second-order valence-corrected chi connectivity index (χ2v) is 10.7. The van der Waals surface area contributed by atoms with E-state index in [1.165, 1.54) is 76.7 Å². The van der Waals surface area contributed by atoms with E-state index in [1.807, 2.05) is 0 Å². The van der Waals surface area contributed by atoms with Crippen molar-refractivity contribution in [1.82, 2.24) is 4.98 Å². The number of fused-ring (bicyclic) bond motifs is 9. The highest BCUT2D eigenvalue weighted by Gasteiger charge is 2.36. The fourth-order valence-electron chi connectivity index (χ4n) is 6.57. The number of nitrogens with one attached hydrogen (secondary N) is 1. The van der Waals surface area contributed by atoms with E-state index < -0.39 is 0 Å². The zero-order valence-corrected chi connectivity index (χ0v) is 20.4. The summed E-state index contributed by atoms with van der Waals surface area (Å²) in [4.78, 5) is 3.69. The van der Waals surface area contributed by atoms with Crippen LogP contribution in [0.15, 0.2) is 109 Å². The third-order valence-corrected chi connectivity index (χ3v) is 8.38. The van der Waals surface area contributed by atoms with Gasteiger partial charge in [-0.25, -0.2) is 0 Å². The van der Waals surface area contributed by atoms with Crippen LogP contribution < -0.4 is 0 Å². The Labute approximate surface area is 210 Å². The largest absolute Gasteiger partial charge is 0.354 e. The van der Waals surface area contributed by atoms with Gasteiger partial charge in [0.1, 0.15) is 0 Å². The molecule has 0 saturated heterocycles. The Kier molecular flexibility index (Phi) is 3.79. The van der Waals surface area contributed by atoms with Gasteiger partial charge >= 0.3 is 0 Å². The number of rotatable bonds is 1. The SMILES string of the molecule is CC1(C)c2ccccc2-c2c1ccc1c(-c3ccc4c(c3)[nH]c3cc5ccccc5cc34)cccc21. The van der Waals surface area contributed by atoms with Crippen molar-refractivity contribution in [2.24, 2.45) is 0 Å². The maximum Gasteiger partial charge on any atom is 0.0471 e. The maximum atomic E-state index is 3.69. The van der Waals surface area contributed by atoms with Gasteiger partial charge in [-0.2, -0.15) is 0 Å². The minimum Gasteiger partial charge on any atom is -0.354 e. The molecule has 0 aliphatic heterocycles. The highest BCUT2D eigenvalue weighted by Crippen LogP contribution is 2.52. The van der Waals surface area contributed by atoms with Gasteiger partial charge in [-0.3, -0.25) is 0 Å². The molecule has 6 aromatic carbocycles. The number of hydrogen-bond donors (Lipinski definition) is 1. The summed E-state index contributed by atoms with van der Waals surface area (Å²) in [6, 6.07) is 40.4. The van der Waals surface area contributed by atoms with Crippen LogP contribution in [0.5, 0.6) is 0 Å². The minimum absolute atomic E-state index is 0.0168. The van der Waals surface area contributed by atoms with Crippen LogP contribution in [0, 0.1) is 0 Å². The van der Waals surface area contributed by atoms with E-state index in [0.29, 0.717) is 0 Å². The Balaban J connectivity index is 1.36. The van der Waals surface area contributed by atoms with Gasteiger partial charge < -0.3 is 4.98 Å². The summed E-state index contributed by atoms with van der Waals surface area (Å²) in [5, 5.41) is 7.75. The lowest BCUT2D eigenvalue weighted by atomic mass is 9.82. The van der Waals surface area contributed by atoms with Crippen LogP contribution in [0.1, 0.15) is 25.0 Å². The molecule has 1 aromatic heterocycles. The molecule has 0 spiro atoms. The fourth-order valence-corrected chi connectivity index (χ4v) is 6.57. The number of H-pyrrole nitrogens is 1. The Bertz CT molecular complexity index is 2020. The number of aromatic nitrogens is 1. The van der Waals surface area contributed by atoms with Crippen LogP contribution in [-0.4, -0.2) is 4.98 Å². The molecule has 1 aliphatic rings. The summed E-state index contributed by atoms with van der Waals surface area (Å²) >= 11 is 0. The van der Waals surface area contributed by atoms with Gasteiger partial charge in [0.25, 0.3) is 0 Å². The van der Waals surface area contributed by atoms with Crippen molar-refractivity contribution in [3.63, 3.8) is 0 Å². The number of benzene rings is 6. The zero-order valence-electron chi connectivity index (χ0n) is 20.4. The zero-order chi connectivity index (χ0) is 24.0. The molecule has 36 heavy (non-hydrogen) atoms. The Hall–Kier alpha value is -4.36. The standard InChI is InChI=1S/C35H25N/c1-35(2)30-13-6-5-10-28(30)34-27-12-7-11-24(25(27)16-17-31(34)35)23-14-15-26-29-18-21-8-3-4-9-22(21)19-33(29)36-32(26)20-23/h3-20,36H,1-2H3. The molecule has 7 aromatic rings. The van der Waals surface area contributed by atoms with Gasteiger partial charge in [0.05, 0.1) is 0 Å². The van der Waals surface area contributed by atoms with Gasteiger partial charge in [0.2, 0.25) is 0 Å². The molecular weight excluding hydrogens is 434 g/mol. The first kappa shape index (κ1) is 19.9. The maximum absolute atomic E-state index is 3.69. The van der Waals surface area contributed by atoms with Crippen LogP contribution in [0.3, 0.4) is 0 Å². The lowest BCUT2D eigenvalue weighted by Crippen LogP contribution is -2.14. The van der Waals surface area contributed by atoms with Crippen LogP contribution in [0.2, 0.25) is 0 Å². The van der Waals surface area contributed by atoms with Crippen molar-refractivity contribution in [1.29, 1.82) is 0 Å². The molecule has 0 radical (unpaired) electrons. The van der Waals surface area contributed by atoms with Crippen LogP contribution >= 0.6 is 0 Å². The molecule has 1 heterocycles. The average molecular weight is 460 g/mol. The second-order valence-electron chi connectivity index (χ2n) is 10.7. The predicted molar refractivity (Wildman–Crippen MR) is 154 cm³/mol. The second kappa shape index (κ2) is 6.86. The first-order valence-electron chi connectivity index (χ1n) is 12.7. The molecule has 1 heteroatoms. The third-order valence-electron chi connectivity index (χ3n) is 8.38. The molecule has 0 saturated carbocycles. The molecule has 0 amide bonds. The molecule has 170 valence electrons. The van der Waals surface area contributed by atoms with E-state index in [4.69, 9.17) is 0 Å². The molecule has 0 atom stereocenters. The summed E-state index contributed by atoms with van der Waals surface area (Å²) in [6.45, 7) is 4.70. The Morgan fingerprint density at radius 3 is 2.11 bits per heavy atom. The van der Waals surface area contributed by atoms with Crippen LogP contribution in [-0.2, 0) is 5.41 Å². The normalized spacial score (nSPS) is 14.1. The first-order chi connectivity index (χ1) is 17.6. The number of aromatic amines is 1. The van der Waals surface area contributed by atoms with E-state index in [0.717, 1.165) is 0 Å². The Morgan fingerprint density at radius 1 is 0.500 bits per heavy atom. The lowest BCUT2D eigenvalue weighted by Gasteiger charge is -2.21.